The third kappa shape index (κ3) is 3.93. The zero-order chi connectivity index (χ0) is 15.2. The topological polar surface area (TPSA) is 44.7 Å². The van der Waals surface area contributed by atoms with Crippen molar-refractivity contribution in [1.29, 1.82) is 0 Å². The number of aliphatic hydroxyl groups is 1. The molecule has 1 aliphatic heterocycles. The number of hydrogen-bond acceptors (Lipinski definition) is 4. The molecule has 1 aliphatic rings. The number of hydrogen-bond donors (Lipinski definition) is 2. The van der Waals surface area contributed by atoms with E-state index in [1.165, 1.54) is 6.07 Å². The smallest absolute Gasteiger partial charge is 0.130 e. The summed E-state index contributed by atoms with van der Waals surface area (Å²) < 4.78 is 19.7. The van der Waals surface area contributed by atoms with Gasteiger partial charge in [-0.3, -0.25) is 0 Å². The zero-order valence-corrected chi connectivity index (χ0v) is 12.8. The van der Waals surface area contributed by atoms with E-state index in [4.69, 9.17) is 9.84 Å². The van der Waals surface area contributed by atoms with Crippen LogP contribution in [0.15, 0.2) is 18.2 Å². The van der Waals surface area contributed by atoms with E-state index in [1.807, 2.05) is 20.0 Å². The van der Waals surface area contributed by atoms with Gasteiger partial charge in [-0.05, 0) is 38.9 Å². The maximum atomic E-state index is 14.2. The Morgan fingerprint density at radius 2 is 2.14 bits per heavy atom. The van der Waals surface area contributed by atoms with E-state index in [9.17, 15) is 4.39 Å². The van der Waals surface area contributed by atoms with Crippen LogP contribution in [0.25, 0.3) is 0 Å². The van der Waals surface area contributed by atoms with Gasteiger partial charge in [0.2, 0.25) is 0 Å². The summed E-state index contributed by atoms with van der Waals surface area (Å²) in [5.41, 5.74) is 1.70. The summed E-state index contributed by atoms with van der Waals surface area (Å²) in [6.45, 7) is 4.13. The van der Waals surface area contributed by atoms with Gasteiger partial charge in [0, 0.05) is 30.4 Å². The van der Waals surface area contributed by atoms with Crippen molar-refractivity contribution >= 4 is 5.69 Å². The van der Waals surface area contributed by atoms with Gasteiger partial charge in [0.15, 0.2) is 0 Å². The molecule has 1 fully saturated rings. The number of piperidine rings is 1. The van der Waals surface area contributed by atoms with Crippen LogP contribution >= 0.6 is 0 Å². The molecule has 0 aromatic heterocycles. The third-order valence-corrected chi connectivity index (χ3v) is 4.12. The summed E-state index contributed by atoms with van der Waals surface area (Å²) in [5, 5.41) is 11.9. The number of anilines is 1. The first kappa shape index (κ1) is 16.2. The van der Waals surface area contributed by atoms with Crippen LogP contribution in [0.4, 0.5) is 10.1 Å². The molecule has 4 nitrogen and oxygen atoms in total. The number of aliphatic hydroxyl groups excluding tert-OH is 1. The van der Waals surface area contributed by atoms with Crippen LogP contribution in [-0.2, 0) is 4.74 Å². The zero-order valence-electron chi connectivity index (χ0n) is 12.8. The van der Waals surface area contributed by atoms with Gasteiger partial charge in [-0.25, -0.2) is 4.39 Å². The SMILES string of the molecule is CNC(C)c1c(F)cccc1N1CCC(OCCO)CC1. The first-order valence-electron chi connectivity index (χ1n) is 7.60. The van der Waals surface area contributed by atoms with Crippen molar-refractivity contribution in [3.63, 3.8) is 0 Å². The molecule has 1 unspecified atom stereocenters. The highest BCUT2D eigenvalue weighted by Crippen LogP contribution is 2.31. The normalized spacial score (nSPS) is 18.0. The Kier molecular flexibility index (Phi) is 5.96. The van der Waals surface area contributed by atoms with Gasteiger partial charge in [-0.15, -0.1) is 0 Å². The lowest BCUT2D eigenvalue weighted by molar-refractivity contribution is 0.0159. The average molecular weight is 296 g/mol. The maximum Gasteiger partial charge on any atom is 0.130 e. The molecule has 1 aromatic rings. The molecule has 1 aromatic carbocycles. The number of nitrogens with zero attached hydrogens (tertiary/aromatic N) is 1. The molecule has 5 heteroatoms. The molecule has 1 saturated heterocycles. The lowest BCUT2D eigenvalue weighted by atomic mass is 10.0. The summed E-state index contributed by atoms with van der Waals surface area (Å²) in [7, 11) is 1.84. The molecule has 0 saturated carbocycles. The van der Waals surface area contributed by atoms with E-state index in [2.05, 4.69) is 10.2 Å². The van der Waals surface area contributed by atoms with Crippen LogP contribution < -0.4 is 10.2 Å². The van der Waals surface area contributed by atoms with E-state index in [-0.39, 0.29) is 24.6 Å². The second kappa shape index (κ2) is 7.73. The number of rotatable bonds is 6. The first-order chi connectivity index (χ1) is 10.2. The van der Waals surface area contributed by atoms with Gasteiger partial charge in [0.1, 0.15) is 5.82 Å². The predicted octanol–water partition coefficient (Wildman–Crippen LogP) is 2.08. The molecule has 118 valence electrons. The van der Waals surface area contributed by atoms with Crippen molar-refractivity contribution in [1.82, 2.24) is 5.32 Å². The van der Waals surface area contributed by atoms with E-state index in [0.29, 0.717) is 6.61 Å². The fourth-order valence-corrected chi connectivity index (χ4v) is 2.86. The Bertz CT molecular complexity index is 448. The van der Waals surface area contributed by atoms with Gasteiger partial charge < -0.3 is 20.1 Å². The molecule has 0 radical (unpaired) electrons. The molecule has 0 spiro atoms. The Morgan fingerprint density at radius 1 is 1.43 bits per heavy atom. The second-order valence-electron chi connectivity index (χ2n) is 5.46. The Morgan fingerprint density at radius 3 is 2.76 bits per heavy atom. The molecular formula is C16H25FN2O2. The Hall–Kier alpha value is -1.17. The summed E-state index contributed by atoms with van der Waals surface area (Å²) in [6.07, 6.45) is 2.01. The average Bonchev–Trinajstić information content (AvgIpc) is 2.52. The lowest BCUT2D eigenvalue weighted by Gasteiger charge is -2.35. The van der Waals surface area contributed by atoms with Crippen LogP contribution in [-0.4, -0.2) is 44.6 Å². The minimum atomic E-state index is -0.159. The van der Waals surface area contributed by atoms with Crippen molar-refractivity contribution < 1.29 is 14.2 Å². The molecule has 0 aliphatic carbocycles. The number of benzene rings is 1. The second-order valence-corrected chi connectivity index (χ2v) is 5.46. The molecule has 21 heavy (non-hydrogen) atoms. The first-order valence-corrected chi connectivity index (χ1v) is 7.60. The van der Waals surface area contributed by atoms with Crippen LogP contribution in [0, 0.1) is 5.82 Å². The number of halogens is 1. The highest BCUT2D eigenvalue weighted by molar-refractivity contribution is 5.56. The largest absolute Gasteiger partial charge is 0.394 e. The van der Waals surface area contributed by atoms with E-state index >= 15 is 0 Å². The minimum Gasteiger partial charge on any atom is -0.394 e. The quantitative estimate of drug-likeness (QED) is 0.844. The molecule has 1 heterocycles. The standard InChI is InChI=1S/C16H25FN2O2/c1-12(18-2)16-14(17)4-3-5-15(16)19-8-6-13(7-9-19)21-11-10-20/h3-5,12-13,18,20H,6-11H2,1-2H3. The lowest BCUT2D eigenvalue weighted by Crippen LogP contribution is -2.38. The van der Waals surface area contributed by atoms with Gasteiger partial charge >= 0.3 is 0 Å². The fraction of sp³-hybridized carbons (Fsp3) is 0.625. The maximum absolute atomic E-state index is 14.2. The molecule has 2 rings (SSSR count). The van der Waals surface area contributed by atoms with Gasteiger partial charge in [0.05, 0.1) is 19.3 Å². The van der Waals surface area contributed by atoms with Crippen LogP contribution in [0.2, 0.25) is 0 Å². The van der Waals surface area contributed by atoms with Crippen molar-refractivity contribution in [2.75, 3.05) is 38.3 Å². The van der Waals surface area contributed by atoms with E-state index < -0.39 is 0 Å². The van der Waals surface area contributed by atoms with Crippen LogP contribution in [0.5, 0.6) is 0 Å². The predicted molar refractivity (Wildman–Crippen MR) is 82.1 cm³/mol. The molecular weight excluding hydrogens is 271 g/mol. The van der Waals surface area contributed by atoms with E-state index in [0.717, 1.165) is 37.2 Å². The summed E-state index contributed by atoms with van der Waals surface area (Å²) in [4.78, 5) is 2.23. The van der Waals surface area contributed by atoms with Crippen molar-refractivity contribution in [3.05, 3.63) is 29.6 Å². The molecule has 2 N–H and O–H groups in total. The van der Waals surface area contributed by atoms with Crippen molar-refractivity contribution in [2.45, 2.75) is 31.9 Å². The monoisotopic (exact) mass is 296 g/mol. The summed E-state index contributed by atoms with van der Waals surface area (Å²) in [6, 6.07) is 5.25. The van der Waals surface area contributed by atoms with Gasteiger partial charge in [-0.1, -0.05) is 6.07 Å². The van der Waals surface area contributed by atoms with Crippen LogP contribution in [0.1, 0.15) is 31.4 Å². The summed E-state index contributed by atoms with van der Waals surface area (Å²) >= 11 is 0. The highest BCUT2D eigenvalue weighted by atomic mass is 19.1. The highest BCUT2D eigenvalue weighted by Gasteiger charge is 2.24. The molecule has 0 amide bonds. The molecule has 0 bridgehead atoms. The van der Waals surface area contributed by atoms with Crippen molar-refractivity contribution in [2.24, 2.45) is 0 Å². The minimum absolute atomic E-state index is 0.0236. The van der Waals surface area contributed by atoms with Crippen molar-refractivity contribution in [3.8, 4) is 0 Å². The van der Waals surface area contributed by atoms with Crippen LogP contribution in [0.3, 0.4) is 0 Å². The van der Waals surface area contributed by atoms with Gasteiger partial charge in [0.25, 0.3) is 0 Å². The third-order valence-electron chi connectivity index (χ3n) is 4.12. The Labute approximate surface area is 125 Å². The summed E-state index contributed by atoms with van der Waals surface area (Å²) in [5.74, 6) is -0.159. The van der Waals surface area contributed by atoms with E-state index in [1.54, 1.807) is 6.07 Å². The fourth-order valence-electron chi connectivity index (χ4n) is 2.86. The molecule has 1 atom stereocenters. The number of ether oxygens (including phenoxy) is 1. The van der Waals surface area contributed by atoms with Gasteiger partial charge in [-0.2, -0.15) is 0 Å². The number of nitrogens with one attached hydrogen (secondary N) is 1. The Balaban J connectivity index is 2.08.